The number of benzene rings is 2. The first-order valence-electron chi connectivity index (χ1n) is 8.78. The Balaban J connectivity index is 1.61. The SMILES string of the molecule is CN(C)c1ccc(/C=C/C=C2/SC(=O)N(CCc3ccccc3)C2=O)cc1. The standard InChI is InChI=1S/C22H22N2O2S/c1-23(2)19-13-11-18(12-14-19)9-6-10-20-21(25)24(22(26)27-20)16-15-17-7-4-3-5-8-17/h3-14H,15-16H2,1-2H3/b9-6+,20-10+. The van der Waals surface area contributed by atoms with E-state index in [0.717, 1.165) is 28.6 Å². The fourth-order valence-corrected chi connectivity index (χ4v) is 3.54. The van der Waals surface area contributed by atoms with Gasteiger partial charge in [0.25, 0.3) is 11.1 Å². The Morgan fingerprint density at radius 2 is 1.70 bits per heavy atom. The van der Waals surface area contributed by atoms with Crippen molar-refractivity contribution in [3.8, 4) is 0 Å². The number of thioether (sulfide) groups is 1. The highest BCUT2D eigenvalue weighted by Gasteiger charge is 2.34. The Bertz CT molecular complexity index is 871. The van der Waals surface area contributed by atoms with Gasteiger partial charge in [0.2, 0.25) is 0 Å². The topological polar surface area (TPSA) is 40.6 Å². The lowest BCUT2D eigenvalue weighted by molar-refractivity contribution is -0.122. The van der Waals surface area contributed by atoms with Crippen molar-refractivity contribution in [1.29, 1.82) is 0 Å². The Morgan fingerprint density at radius 1 is 1.00 bits per heavy atom. The molecule has 0 spiro atoms. The minimum atomic E-state index is -0.214. The minimum absolute atomic E-state index is 0.203. The van der Waals surface area contributed by atoms with Crippen LogP contribution in [-0.4, -0.2) is 36.7 Å². The summed E-state index contributed by atoms with van der Waals surface area (Å²) in [5.41, 5.74) is 3.29. The molecule has 1 fully saturated rings. The van der Waals surface area contributed by atoms with Gasteiger partial charge in [-0.2, -0.15) is 0 Å². The molecule has 1 aliphatic heterocycles. The van der Waals surface area contributed by atoms with Gasteiger partial charge in [-0.15, -0.1) is 0 Å². The Hall–Kier alpha value is -2.79. The van der Waals surface area contributed by atoms with Crippen LogP contribution in [0.2, 0.25) is 0 Å². The summed E-state index contributed by atoms with van der Waals surface area (Å²) in [6, 6.07) is 18.0. The van der Waals surface area contributed by atoms with Gasteiger partial charge in [0.15, 0.2) is 0 Å². The quantitative estimate of drug-likeness (QED) is 0.690. The van der Waals surface area contributed by atoms with Gasteiger partial charge in [0.1, 0.15) is 0 Å². The van der Waals surface area contributed by atoms with Crippen LogP contribution in [0, 0.1) is 0 Å². The number of nitrogens with zero attached hydrogens (tertiary/aromatic N) is 2. The van der Waals surface area contributed by atoms with Gasteiger partial charge < -0.3 is 4.90 Å². The van der Waals surface area contributed by atoms with Gasteiger partial charge in [-0.25, -0.2) is 0 Å². The Labute approximate surface area is 164 Å². The van der Waals surface area contributed by atoms with E-state index in [1.807, 2.05) is 85.7 Å². The molecule has 1 aliphatic rings. The molecule has 0 N–H and O–H groups in total. The zero-order valence-corrected chi connectivity index (χ0v) is 16.3. The molecule has 27 heavy (non-hydrogen) atoms. The van der Waals surface area contributed by atoms with Crippen LogP contribution in [0.5, 0.6) is 0 Å². The van der Waals surface area contributed by atoms with Crippen LogP contribution in [-0.2, 0) is 11.2 Å². The number of anilines is 1. The maximum Gasteiger partial charge on any atom is 0.293 e. The summed E-state index contributed by atoms with van der Waals surface area (Å²) in [5.74, 6) is -0.214. The van der Waals surface area contributed by atoms with Gasteiger partial charge in [-0.1, -0.05) is 54.6 Å². The molecule has 5 heteroatoms. The minimum Gasteiger partial charge on any atom is -0.378 e. The summed E-state index contributed by atoms with van der Waals surface area (Å²) in [5, 5.41) is -0.203. The van der Waals surface area contributed by atoms with Gasteiger partial charge >= 0.3 is 0 Å². The van der Waals surface area contributed by atoms with Gasteiger partial charge in [0, 0.05) is 26.3 Å². The van der Waals surface area contributed by atoms with E-state index in [4.69, 9.17) is 0 Å². The molecular formula is C22H22N2O2S. The van der Waals surface area contributed by atoms with Crippen molar-refractivity contribution in [3.05, 3.63) is 82.8 Å². The maximum atomic E-state index is 12.5. The molecule has 0 atom stereocenters. The molecule has 0 unspecified atom stereocenters. The summed E-state index contributed by atoms with van der Waals surface area (Å²) in [4.78, 5) is 28.5. The first kappa shape index (κ1) is 19.0. The fraction of sp³-hybridized carbons (Fsp3) is 0.182. The van der Waals surface area contributed by atoms with Crippen molar-refractivity contribution in [2.45, 2.75) is 6.42 Å². The van der Waals surface area contributed by atoms with E-state index in [9.17, 15) is 9.59 Å². The van der Waals surface area contributed by atoms with Crippen LogP contribution in [0.4, 0.5) is 10.5 Å². The monoisotopic (exact) mass is 378 g/mol. The van der Waals surface area contributed by atoms with Crippen LogP contribution in [0.1, 0.15) is 11.1 Å². The van der Waals surface area contributed by atoms with Crippen molar-refractivity contribution in [3.63, 3.8) is 0 Å². The van der Waals surface area contributed by atoms with Crippen LogP contribution in [0.3, 0.4) is 0 Å². The van der Waals surface area contributed by atoms with Crippen molar-refractivity contribution < 1.29 is 9.59 Å². The average molecular weight is 378 g/mol. The van der Waals surface area contributed by atoms with Gasteiger partial charge in [-0.05, 0) is 47.5 Å². The molecule has 4 nitrogen and oxygen atoms in total. The lowest BCUT2D eigenvalue weighted by atomic mass is 10.1. The molecule has 0 radical (unpaired) electrons. The van der Waals surface area contributed by atoms with Gasteiger partial charge in [0.05, 0.1) is 4.91 Å². The van der Waals surface area contributed by atoms with Crippen LogP contribution < -0.4 is 4.90 Å². The molecule has 0 aromatic heterocycles. The molecule has 3 rings (SSSR count). The molecule has 0 aliphatic carbocycles. The van der Waals surface area contributed by atoms with Gasteiger partial charge in [-0.3, -0.25) is 14.5 Å². The number of amides is 2. The van der Waals surface area contributed by atoms with Crippen LogP contribution in [0.15, 0.2) is 71.7 Å². The normalized spacial score (nSPS) is 15.9. The van der Waals surface area contributed by atoms with E-state index in [1.54, 1.807) is 6.08 Å². The third-order valence-corrected chi connectivity index (χ3v) is 5.21. The van der Waals surface area contributed by atoms with Crippen molar-refractivity contribution in [2.24, 2.45) is 0 Å². The lowest BCUT2D eigenvalue weighted by Crippen LogP contribution is -2.30. The van der Waals surface area contributed by atoms with E-state index in [2.05, 4.69) is 0 Å². The zero-order valence-electron chi connectivity index (χ0n) is 15.5. The number of carbonyl (C=O) groups is 2. The molecular weight excluding hydrogens is 356 g/mol. The molecule has 2 aromatic rings. The summed E-state index contributed by atoms with van der Waals surface area (Å²) >= 11 is 0.999. The molecule has 138 valence electrons. The van der Waals surface area contributed by atoms with Crippen molar-refractivity contribution in [1.82, 2.24) is 4.90 Å². The third-order valence-electron chi connectivity index (χ3n) is 4.29. The number of hydrogen-bond donors (Lipinski definition) is 0. The van der Waals surface area contributed by atoms with Crippen LogP contribution >= 0.6 is 11.8 Å². The van der Waals surface area contributed by atoms with E-state index in [1.165, 1.54) is 4.90 Å². The Kier molecular flexibility index (Phi) is 6.14. The second kappa shape index (κ2) is 8.73. The highest BCUT2D eigenvalue weighted by Crippen LogP contribution is 2.30. The third kappa shape index (κ3) is 4.89. The molecule has 2 aromatic carbocycles. The largest absolute Gasteiger partial charge is 0.378 e. The molecule has 0 bridgehead atoms. The van der Waals surface area contributed by atoms with Crippen LogP contribution in [0.25, 0.3) is 6.08 Å². The van der Waals surface area contributed by atoms with E-state index in [-0.39, 0.29) is 11.1 Å². The summed E-state index contributed by atoms with van der Waals surface area (Å²) < 4.78 is 0. The van der Waals surface area contributed by atoms with E-state index >= 15 is 0 Å². The highest BCUT2D eigenvalue weighted by molar-refractivity contribution is 8.18. The molecule has 1 saturated heterocycles. The maximum absolute atomic E-state index is 12.5. The summed E-state index contributed by atoms with van der Waals surface area (Å²) in [6.07, 6.45) is 6.13. The molecule has 1 heterocycles. The number of rotatable bonds is 6. The molecule has 2 amide bonds. The van der Waals surface area contributed by atoms with E-state index in [0.29, 0.717) is 17.9 Å². The first-order chi connectivity index (χ1) is 13.0. The number of allylic oxidation sites excluding steroid dienone is 2. The number of carbonyl (C=O) groups excluding carboxylic acids is 2. The highest BCUT2D eigenvalue weighted by atomic mass is 32.2. The smallest absolute Gasteiger partial charge is 0.293 e. The Morgan fingerprint density at radius 3 is 2.37 bits per heavy atom. The molecule has 0 saturated carbocycles. The lowest BCUT2D eigenvalue weighted by Gasteiger charge is -2.12. The first-order valence-corrected chi connectivity index (χ1v) is 9.59. The second-order valence-electron chi connectivity index (χ2n) is 6.44. The van der Waals surface area contributed by atoms with Crippen molar-refractivity contribution >= 4 is 34.7 Å². The average Bonchev–Trinajstić information content (AvgIpc) is 2.94. The summed E-state index contributed by atoms with van der Waals surface area (Å²) in [6.45, 7) is 0.404. The predicted octanol–water partition coefficient (Wildman–Crippen LogP) is 4.59. The fourth-order valence-electron chi connectivity index (χ4n) is 2.72. The second-order valence-corrected chi connectivity index (χ2v) is 7.43. The summed E-state index contributed by atoms with van der Waals surface area (Å²) in [7, 11) is 4.00. The van der Waals surface area contributed by atoms with E-state index < -0.39 is 0 Å². The number of imide groups is 1. The predicted molar refractivity (Wildman–Crippen MR) is 113 cm³/mol. The number of hydrogen-bond acceptors (Lipinski definition) is 4. The van der Waals surface area contributed by atoms with Crippen molar-refractivity contribution in [2.75, 3.05) is 25.5 Å². The zero-order chi connectivity index (χ0) is 19.2.